The van der Waals surface area contributed by atoms with Crippen LogP contribution in [0.25, 0.3) is 11.3 Å². The van der Waals surface area contributed by atoms with Crippen LogP contribution in [0.15, 0.2) is 24.8 Å². The maximum Gasteiger partial charge on any atom is 0.0916 e. The van der Waals surface area contributed by atoms with Gasteiger partial charge in [0.1, 0.15) is 0 Å². The van der Waals surface area contributed by atoms with Crippen molar-refractivity contribution in [2.24, 2.45) is 0 Å². The number of rotatable bonds is 3. The molecule has 0 spiro atoms. The molecular weight excluding hydrogens is 250 g/mol. The highest BCUT2D eigenvalue weighted by Crippen LogP contribution is 2.26. The molecule has 3 heterocycles. The molecule has 0 radical (unpaired) electrons. The molecule has 2 aromatic rings. The van der Waals surface area contributed by atoms with Crippen molar-refractivity contribution >= 4 is 0 Å². The Morgan fingerprint density at radius 3 is 2.80 bits per heavy atom. The van der Waals surface area contributed by atoms with Crippen molar-refractivity contribution in [1.29, 1.82) is 0 Å². The van der Waals surface area contributed by atoms with E-state index in [1.807, 2.05) is 18.6 Å². The van der Waals surface area contributed by atoms with Crippen molar-refractivity contribution < 1.29 is 0 Å². The van der Waals surface area contributed by atoms with Crippen LogP contribution in [0.4, 0.5) is 0 Å². The van der Waals surface area contributed by atoms with Gasteiger partial charge in [0.15, 0.2) is 0 Å². The number of piperidine rings is 1. The Morgan fingerprint density at radius 1 is 1.25 bits per heavy atom. The molecule has 0 aromatic carbocycles. The first-order chi connectivity index (χ1) is 9.74. The van der Waals surface area contributed by atoms with E-state index >= 15 is 0 Å². The van der Waals surface area contributed by atoms with E-state index in [4.69, 9.17) is 0 Å². The smallest absolute Gasteiger partial charge is 0.0916 e. The third kappa shape index (κ3) is 2.72. The van der Waals surface area contributed by atoms with Gasteiger partial charge in [-0.2, -0.15) is 5.10 Å². The quantitative estimate of drug-likeness (QED) is 0.931. The van der Waals surface area contributed by atoms with Crippen LogP contribution in [0.2, 0.25) is 0 Å². The van der Waals surface area contributed by atoms with Gasteiger partial charge >= 0.3 is 0 Å². The van der Waals surface area contributed by atoms with Gasteiger partial charge in [-0.1, -0.05) is 0 Å². The second-order valence-electron chi connectivity index (χ2n) is 5.74. The Hall–Kier alpha value is -1.75. The van der Waals surface area contributed by atoms with E-state index in [2.05, 4.69) is 38.9 Å². The molecule has 0 saturated carbocycles. The molecule has 2 aromatic heterocycles. The lowest BCUT2D eigenvalue weighted by Gasteiger charge is -2.35. The highest BCUT2D eigenvalue weighted by atomic mass is 15.2. The lowest BCUT2D eigenvalue weighted by Crippen LogP contribution is -2.39. The summed E-state index contributed by atoms with van der Waals surface area (Å²) in [7, 11) is 0. The van der Waals surface area contributed by atoms with Gasteiger partial charge in [0.25, 0.3) is 0 Å². The first-order valence-electron chi connectivity index (χ1n) is 7.29. The fraction of sp³-hybridized carbons (Fsp3) is 0.533. The normalized spacial score (nSPS) is 20.4. The Morgan fingerprint density at radius 2 is 2.15 bits per heavy atom. The molecule has 1 unspecified atom stereocenters. The molecule has 0 bridgehead atoms. The molecule has 1 fully saturated rings. The van der Waals surface area contributed by atoms with E-state index < -0.39 is 0 Å². The van der Waals surface area contributed by atoms with E-state index in [0.29, 0.717) is 12.0 Å². The zero-order chi connectivity index (χ0) is 13.9. The molecule has 1 atom stereocenters. The number of hydrogen-bond acceptors (Lipinski definition) is 4. The number of aromatic nitrogens is 4. The van der Waals surface area contributed by atoms with Crippen LogP contribution >= 0.6 is 0 Å². The van der Waals surface area contributed by atoms with Crippen molar-refractivity contribution in [3.05, 3.63) is 30.5 Å². The molecule has 20 heavy (non-hydrogen) atoms. The number of nitrogens with one attached hydrogen (secondary N) is 1. The van der Waals surface area contributed by atoms with Crippen LogP contribution in [0.5, 0.6) is 0 Å². The molecule has 1 saturated heterocycles. The second-order valence-corrected chi connectivity index (χ2v) is 5.74. The molecular formula is C15H21N5. The molecule has 1 aliphatic heterocycles. The molecule has 1 aliphatic rings. The van der Waals surface area contributed by atoms with Crippen molar-refractivity contribution in [2.45, 2.75) is 38.6 Å². The molecule has 0 aliphatic carbocycles. The van der Waals surface area contributed by atoms with Gasteiger partial charge in [0.2, 0.25) is 0 Å². The minimum atomic E-state index is 0.511. The zero-order valence-corrected chi connectivity index (χ0v) is 12.1. The summed E-state index contributed by atoms with van der Waals surface area (Å²) >= 11 is 0. The molecule has 106 valence electrons. The van der Waals surface area contributed by atoms with Gasteiger partial charge in [-0.3, -0.25) is 15.1 Å². The third-order valence-electron chi connectivity index (χ3n) is 4.07. The fourth-order valence-corrected chi connectivity index (χ4v) is 2.81. The number of likely N-dealkylation sites (tertiary alicyclic amines) is 1. The van der Waals surface area contributed by atoms with Gasteiger partial charge in [0, 0.05) is 36.5 Å². The number of aromatic amines is 1. The first kappa shape index (κ1) is 13.2. The van der Waals surface area contributed by atoms with Crippen LogP contribution in [0.1, 0.15) is 38.3 Å². The highest BCUT2D eigenvalue weighted by molar-refractivity contribution is 5.55. The van der Waals surface area contributed by atoms with Crippen molar-refractivity contribution in [3.63, 3.8) is 0 Å². The topological polar surface area (TPSA) is 57.7 Å². The Balaban J connectivity index is 1.74. The fourth-order valence-electron chi connectivity index (χ4n) is 2.81. The summed E-state index contributed by atoms with van der Waals surface area (Å²) in [6.45, 7) is 6.82. The molecule has 3 rings (SSSR count). The van der Waals surface area contributed by atoms with Crippen LogP contribution < -0.4 is 0 Å². The summed E-state index contributed by atoms with van der Waals surface area (Å²) in [6.07, 6.45) is 9.85. The standard InChI is InChI=1S/C15H21N5/c1-11(2)20-5-3-4-12(10-20)14-8-17-15(9-16-14)13-6-18-19-7-13/h6-9,11-12H,3-5,10H2,1-2H3,(H,18,19). The minimum Gasteiger partial charge on any atom is -0.300 e. The Kier molecular flexibility index (Phi) is 3.78. The summed E-state index contributed by atoms with van der Waals surface area (Å²) in [5, 5.41) is 6.74. The second kappa shape index (κ2) is 5.71. The van der Waals surface area contributed by atoms with E-state index in [0.717, 1.165) is 23.5 Å². The largest absolute Gasteiger partial charge is 0.300 e. The van der Waals surface area contributed by atoms with Gasteiger partial charge < -0.3 is 4.90 Å². The van der Waals surface area contributed by atoms with Crippen LogP contribution in [-0.4, -0.2) is 44.2 Å². The van der Waals surface area contributed by atoms with Crippen LogP contribution in [-0.2, 0) is 0 Å². The average Bonchev–Trinajstić information content (AvgIpc) is 3.02. The van der Waals surface area contributed by atoms with Gasteiger partial charge in [-0.25, -0.2) is 0 Å². The first-order valence-corrected chi connectivity index (χ1v) is 7.29. The Labute approximate surface area is 119 Å². The molecule has 0 amide bonds. The summed E-state index contributed by atoms with van der Waals surface area (Å²) in [5.74, 6) is 0.511. The van der Waals surface area contributed by atoms with Gasteiger partial charge in [-0.15, -0.1) is 0 Å². The van der Waals surface area contributed by atoms with E-state index in [9.17, 15) is 0 Å². The molecule has 5 nitrogen and oxygen atoms in total. The lowest BCUT2D eigenvalue weighted by molar-refractivity contribution is 0.166. The number of hydrogen-bond donors (Lipinski definition) is 1. The summed E-state index contributed by atoms with van der Waals surface area (Å²) in [4.78, 5) is 11.7. The lowest BCUT2D eigenvalue weighted by atomic mass is 9.94. The average molecular weight is 271 g/mol. The van der Waals surface area contributed by atoms with Gasteiger partial charge in [0.05, 0.1) is 23.8 Å². The number of H-pyrrole nitrogens is 1. The maximum absolute atomic E-state index is 4.62. The summed E-state index contributed by atoms with van der Waals surface area (Å²) in [5.41, 5.74) is 2.97. The molecule has 5 heteroatoms. The number of nitrogens with zero attached hydrogens (tertiary/aromatic N) is 4. The highest BCUT2D eigenvalue weighted by Gasteiger charge is 2.24. The SMILES string of the molecule is CC(C)N1CCCC(c2cnc(-c3cn[nH]c3)cn2)C1. The van der Waals surface area contributed by atoms with Crippen molar-refractivity contribution in [1.82, 2.24) is 25.1 Å². The van der Waals surface area contributed by atoms with Crippen LogP contribution in [0, 0.1) is 0 Å². The summed E-state index contributed by atoms with van der Waals surface area (Å²) in [6, 6.07) is 0.607. The van der Waals surface area contributed by atoms with E-state index in [-0.39, 0.29) is 0 Å². The maximum atomic E-state index is 4.62. The zero-order valence-electron chi connectivity index (χ0n) is 12.1. The van der Waals surface area contributed by atoms with E-state index in [1.165, 1.54) is 19.4 Å². The Bertz CT molecular complexity index is 532. The monoisotopic (exact) mass is 271 g/mol. The predicted molar refractivity (Wildman–Crippen MR) is 78.3 cm³/mol. The van der Waals surface area contributed by atoms with E-state index in [1.54, 1.807) is 6.20 Å². The third-order valence-corrected chi connectivity index (χ3v) is 4.07. The predicted octanol–water partition coefficient (Wildman–Crippen LogP) is 2.45. The van der Waals surface area contributed by atoms with Crippen LogP contribution in [0.3, 0.4) is 0 Å². The van der Waals surface area contributed by atoms with Gasteiger partial charge in [-0.05, 0) is 33.2 Å². The summed E-state index contributed by atoms with van der Waals surface area (Å²) < 4.78 is 0. The minimum absolute atomic E-state index is 0.511. The van der Waals surface area contributed by atoms with Crippen molar-refractivity contribution in [2.75, 3.05) is 13.1 Å². The van der Waals surface area contributed by atoms with Crippen molar-refractivity contribution in [3.8, 4) is 11.3 Å². The molecule has 1 N–H and O–H groups in total.